The number of methoxy groups -OCH3 is 1. The van der Waals surface area contributed by atoms with Gasteiger partial charge in [-0.1, -0.05) is 29.8 Å². The second kappa shape index (κ2) is 7.32. The molecule has 106 valence electrons. The Bertz CT molecular complexity index is 549. The van der Waals surface area contributed by atoms with E-state index in [1.807, 2.05) is 31.2 Å². The average Bonchev–Trinajstić information content (AvgIpc) is 2.48. The summed E-state index contributed by atoms with van der Waals surface area (Å²) in [5, 5.41) is 0. The second-order valence-electron chi connectivity index (χ2n) is 4.73. The molecule has 0 radical (unpaired) electrons. The third kappa shape index (κ3) is 3.99. The molecule has 2 aromatic rings. The Balaban J connectivity index is 2.10. The van der Waals surface area contributed by atoms with Crippen molar-refractivity contribution in [2.75, 3.05) is 13.7 Å². The van der Waals surface area contributed by atoms with Crippen LogP contribution in [0.5, 0.6) is 11.5 Å². The Kier molecular flexibility index (Phi) is 5.45. The molecule has 0 amide bonds. The lowest BCUT2D eigenvalue weighted by Crippen LogP contribution is -1.94. The molecular weight excluding hydrogens is 272 g/mol. The van der Waals surface area contributed by atoms with Gasteiger partial charge in [0.05, 0.1) is 12.5 Å². The van der Waals surface area contributed by atoms with Gasteiger partial charge in [-0.2, -0.15) is 0 Å². The predicted octanol–water partition coefficient (Wildman–Crippen LogP) is 4.72. The van der Waals surface area contributed by atoms with Gasteiger partial charge in [-0.15, -0.1) is 11.6 Å². The summed E-state index contributed by atoms with van der Waals surface area (Å²) < 4.78 is 11.0. The summed E-state index contributed by atoms with van der Waals surface area (Å²) in [6, 6.07) is 14.1. The lowest BCUT2D eigenvalue weighted by atomic mass is 10.1. The number of alkyl halides is 1. The first-order valence-electron chi connectivity index (χ1n) is 6.64. The number of hydrogen-bond donors (Lipinski definition) is 0. The number of halogens is 1. The van der Waals surface area contributed by atoms with E-state index in [2.05, 4.69) is 18.2 Å². The van der Waals surface area contributed by atoms with Crippen molar-refractivity contribution < 1.29 is 9.47 Å². The van der Waals surface area contributed by atoms with Crippen LogP contribution in [-0.2, 0) is 17.0 Å². The average molecular weight is 291 g/mol. The van der Waals surface area contributed by atoms with Crippen LogP contribution in [0, 0.1) is 6.92 Å². The van der Waals surface area contributed by atoms with E-state index in [-0.39, 0.29) is 0 Å². The first-order valence-corrected chi connectivity index (χ1v) is 7.17. The highest BCUT2D eigenvalue weighted by molar-refractivity contribution is 6.17. The van der Waals surface area contributed by atoms with Crippen LogP contribution in [0.15, 0.2) is 42.5 Å². The molecule has 0 aromatic heterocycles. The maximum atomic E-state index is 5.96. The molecule has 3 heteroatoms. The van der Waals surface area contributed by atoms with Crippen molar-refractivity contribution in [2.45, 2.75) is 19.2 Å². The number of ether oxygens (including phenoxy) is 2. The van der Waals surface area contributed by atoms with E-state index in [1.54, 1.807) is 7.11 Å². The standard InChI is InChI=1S/C17H19ClO2/c1-13-3-8-17(15(11-13)12-18)20-16-6-4-14(5-7-16)9-10-19-2/h3-8,11H,9-10,12H2,1-2H3. The predicted molar refractivity (Wildman–Crippen MR) is 82.8 cm³/mol. The maximum Gasteiger partial charge on any atom is 0.131 e. The molecule has 0 N–H and O–H groups in total. The Morgan fingerprint density at radius 3 is 2.45 bits per heavy atom. The molecule has 0 aliphatic heterocycles. The van der Waals surface area contributed by atoms with Crippen molar-refractivity contribution >= 4 is 11.6 Å². The molecular formula is C17H19ClO2. The number of benzene rings is 2. The van der Waals surface area contributed by atoms with Gasteiger partial charge in [0.1, 0.15) is 11.5 Å². The SMILES string of the molecule is COCCc1ccc(Oc2ccc(C)cc2CCl)cc1. The molecule has 2 rings (SSSR count). The van der Waals surface area contributed by atoms with E-state index < -0.39 is 0 Å². The molecule has 0 unspecified atom stereocenters. The van der Waals surface area contributed by atoms with Crippen LogP contribution in [-0.4, -0.2) is 13.7 Å². The molecule has 0 aliphatic rings. The van der Waals surface area contributed by atoms with Crippen molar-refractivity contribution in [3.63, 3.8) is 0 Å². The van der Waals surface area contributed by atoms with Gasteiger partial charge in [-0.05, 0) is 37.1 Å². The summed E-state index contributed by atoms with van der Waals surface area (Å²) >= 11 is 5.96. The zero-order valence-corrected chi connectivity index (χ0v) is 12.6. The summed E-state index contributed by atoms with van der Waals surface area (Å²) in [5.74, 6) is 2.08. The van der Waals surface area contributed by atoms with Gasteiger partial charge >= 0.3 is 0 Å². The van der Waals surface area contributed by atoms with E-state index >= 15 is 0 Å². The third-order valence-electron chi connectivity index (χ3n) is 3.11. The lowest BCUT2D eigenvalue weighted by molar-refractivity contribution is 0.202. The van der Waals surface area contributed by atoms with E-state index in [0.29, 0.717) is 5.88 Å². The largest absolute Gasteiger partial charge is 0.457 e. The van der Waals surface area contributed by atoms with Crippen molar-refractivity contribution in [3.8, 4) is 11.5 Å². The van der Waals surface area contributed by atoms with Crippen LogP contribution in [0.4, 0.5) is 0 Å². The van der Waals surface area contributed by atoms with Gasteiger partial charge in [0, 0.05) is 12.7 Å². The zero-order valence-electron chi connectivity index (χ0n) is 11.9. The molecule has 20 heavy (non-hydrogen) atoms. The summed E-state index contributed by atoms with van der Waals surface area (Å²) in [7, 11) is 1.71. The van der Waals surface area contributed by atoms with Crippen molar-refractivity contribution in [1.29, 1.82) is 0 Å². The highest BCUT2D eigenvalue weighted by Crippen LogP contribution is 2.27. The molecule has 0 saturated carbocycles. The fourth-order valence-corrected chi connectivity index (χ4v) is 2.19. The third-order valence-corrected chi connectivity index (χ3v) is 3.39. The highest BCUT2D eigenvalue weighted by atomic mass is 35.5. The maximum absolute atomic E-state index is 5.96. The molecule has 2 nitrogen and oxygen atoms in total. The van der Waals surface area contributed by atoms with Crippen LogP contribution < -0.4 is 4.74 Å². The Labute approximate surface area is 125 Å². The second-order valence-corrected chi connectivity index (χ2v) is 5.00. The van der Waals surface area contributed by atoms with Gasteiger partial charge in [0.15, 0.2) is 0 Å². The zero-order chi connectivity index (χ0) is 14.4. The van der Waals surface area contributed by atoms with Crippen LogP contribution >= 0.6 is 11.6 Å². The highest BCUT2D eigenvalue weighted by Gasteiger charge is 2.05. The van der Waals surface area contributed by atoms with E-state index in [9.17, 15) is 0 Å². The fourth-order valence-electron chi connectivity index (χ4n) is 1.98. The van der Waals surface area contributed by atoms with Crippen molar-refractivity contribution in [1.82, 2.24) is 0 Å². The Morgan fingerprint density at radius 1 is 1.05 bits per heavy atom. The summed E-state index contributed by atoms with van der Waals surface area (Å²) in [4.78, 5) is 0. The van der Waals surface area contributed by atoms with Crippen LogP contribution in [0.2, 0.25) is 0 Å². The van der Waals surface area contributed by atoms with Crippen LogP contribution in [0.25, 0.3) is 0 Å². The fraction of sp³-hybridized carbons (Fsp3) is 0.294. The molecule has 0 heterocycles. The summed E-state index contributed by atoms with van der Waals surface area (Å²) in [6.45, 7) is 2.78. The first kappa shape index (κ1) is 14.9. The molecule has 0 saturated heterocycles. The minimum Gasteiger partial charge on any atom is -0.457 e. The van der Waals surface area contributed by atoms with Gasteiger partial charge < -0.3 is 9.47 Å². The van der Waals surface area contributed by atoms with Gasteiger partial charge in [0.2, 0.25) is 0 Å². The molecule has 2 aromatic carbocycles. The lowest BCUT2D eigenvalue weighted by Gasteiger charge is -2.11. The normalized spacial score (nSPS) is 10.6. The quantitative estimate of drug-likeness (QED) is 0.717. The minimum absolute atomic E-state index is 0.447. The van der Waals surface area contributed by atoms with Gasteiger partial charge in [-0.25, -0.2) is 0 Å². The first-order chi connectivity index (χ1) is 9.72. The minimum atomic E-state index is 0.447. The van der Waals surface area contributed by atoms with E-state index in [4.69, 9.17) is 21.1 Å². The van der Waals surface area contributed by atoms with E-state index in [1.165, 1.54) is 11.1 Å². The van der Waals surface area contributed by atoms with Crippen molar-refractivity contribution in [3.05, 3.63) is 59.2 Å². The topological polar surface area (TPSA) is 18.5 Å². The molecule has 0 atom stereocenters. The molecule has 0 spiro atoms. The number of hydrogen-bond acceptors (Lipinski definition) is 2. The summed E-state index contributed by atoms with van der Waals surface area (Å²) in [6.07, 6.45) is 0.911. The molecule has 0 bridgehead atoms. The smallest absolute Gasteiger partial charge is 0.131 e. The van der Waals surface area contributed by atoms with Crippen LogP contribution in [0.1, 0.15) is 16.7 Å². The Hall–Kier alpha value is -1.51. The number of aryl methyl sites for hydroxylation is 1. The molecule has 0 aliphatic carbocycles. The number of rotatable bonds is 6. The van der Waals surface area contributed by atoms with Crippen LogP contribution in [0.3, 0.4) is 0 Å². The summed E-state index contributed by atoms with van der Waals surface area (Å²) in [5.41, 5.74) is 3.43. The van der Waals surface area contributed by atoms with E-state index in [0.717, 1.165) is 30.1 Å². The van der Waals surface area contributed by atoms with Gasteiger partial charge in [-0.3, -0.25) is 0 Å². The monoisotopic (exact) mass is 290 g/mol. The van der Waals surface area contributed by atoms with Gasteiger partial charge in [0.25, 0.3) is 0 Å². The molecule has 0 fully saturated rings. The Morgan fingerprint density at radius 2 is 1.80 bits per heavy atom. The van der Waals surface area contributed by atoms with Crippen molar-refractivity contribution in [2.24, 2.45) is 0 Å².